The smallest absolute Gasteiger partial charge is 0.243 e. The molecule has 3 rings (SSSR count). The van der Waals surface area contributed by atoms with Crippen molar-refractivity contribution in [2.24, 2.45) is 0 Å². The number of nitrogens with one attached hydrogen (secondary N) is 2. The van der Waals surface area contributed by atoms with Gasteiger partial charge in [-0.2, -0.15) is 0 Å². The molecule has 0 heterocycles. The van der Waals surface area contributed by atoms with Gasteiger partial charge >= 0.3 is 0 Å². The van der Waals surface area contributed by atoms with Crippen molar-refractivity contribution in [3.63, 3.8) is 0 Å². The fourth-order valence-corrected chi connectivity index (χ4v) is 3.61. The number of hydrogen-bond acceptors (Lipinski definition) is 4. The summed E-state index contributed by atoms with van der Waals surface area (Å²) in [5.74, 6) is 0. The SMILES string of the molecule is O=[N+]([O-])C1C(NCc2ccccc2)CCCC1NCc1ccccc1. The molecule has 0 aliphatic heterocycles. The molecule has 132 valence electrons. The Balaban J connectivity index is 1.61. The van der Waals surface area contributed by atoms with Crippen LogP contribution in [-0.2, 0) is 13.1 Å². The lowest BCUT2D eigenvalue weighted by molar-refractivity contribution is -0.534. The molecule has 5 nitrogen and oxygen atoms in total. The van der Waals surface area contributed by atoms with E-state index in [1.165, 1.54) is 0 Å². The molecule has 0 saturated heterocycles. The number of rotatable bonds is 7. The third kappa shape index (κ3) is 4.87. The molecule has 1 fully saturated rings. The van der Waals surface area contributed by atoms with E-state index in [4.69, 9.17) is 0 Å². The van der Waals surface area contributed by atoms with E-state index in [0.29, 0.717) is 13.1 Å². The van der Waals surface area contributed by atoms with Crippen molar-refractivity contribution in [2.75, 3.05) is 0 Å². The van der Waals surface area contributed by atoms with Crippen molar-refractivity contribution in [1.29, 1.82) is 0 Å². The second-order valence-corrected chi connectivity index (χ2v) is 6.65. The van der Waals surface area contributed by atoms with Gasteiger partial charge in [-0.25, -0.2) is 0 Å². The molecule has 0 bridgehead atoms. The fourth-order valence-electron chi connectivity index (χ4n) is 3.61. The highest BCUT2D eigenvalue weighted by Crippen LogP contribution is 2.22. The first-order valence-electron chi connectivity index (χ1n) is 8.92. The molecule has 0 radical (unpaired) electrons. The van der Waals surface area contributed by atoms with Crippen LogP contribution in [0.1, 0.15) is 30.4 Å². The minimum atomic E-state index is -0.596. The third-order valence-corrected chi connectivity index (χ3v) is 4.92. The van der Waals surface area contributed by atoms with E-state index >= 15 is 0 Å². The predicted molar refractivity (Wildman–Crippen MR) is 98.8 cm³/mol. The molecule has 0 amide bonds. The summed E-state index contributed by atoms with van der Waals surface area (Å²) in [5, 5.41) is 18.6. The first kappa shape index (κ1) is 17.6. The van der Waals surface area contributed by atoms with E-state index in [1.54, 1.807) is 0 Å². The van der Waals surface area contributed by atoms with Gasteiger partial charge in [0, 0.05) is 18.0 Å². The molecule has 1 aliphatic carbocycles. The van der Waals surface area contributed by atoms with Crippen LogP contribution in [0.15, 0.2) is 60.7 Å². The summed E-state index contributed by atoms with van der Waals surface area (Å²) in [6, 6.07) is 19.3. The first-order valence-corrected chi connectivity index (χ1v) is 8.92. The van der Waals surface area contributed by atoms with Crippen LogP contribution < -0.4 is 10.6 Å². The van der Waals surface area contributed by atoms with Crippen LogP contribution in [0.4, 0.5) is 0 Å². The van der Waals surface area contributed by atoms with E-state index in [-0.39, 0.29) is 17.0 Å². The lowest BCUT2D eigenvalue weighted by atomic mass is 9.86. The molecular formula is C20H25N3O2. The van der Waals surface area contributed by atoms with Crippen LogP contribution in [-0.4, -0.2) is 23.0 Å². The Bertz CT molecular complexity index is 612. The van der Waals surface area contributed by atoms with Gasteiger partial charge in [0.2, 0.25) is 6.04 Å². The second kappa shape index (κ2) is 8.74. The van der Waals surface area contributed by atoms with Gasteiger partial charge in [0.05, 0.1) is 12.1 Å². The van der Waals surface area contributed by atoms with Gasteiger partial charge in [-0.15, -0.1) is 0 Å². The minimum absolute atomic E-state index is 0.0998. The minimum Gasteiger partial charge on any atom is -0.304 e. The summed E-state index contributed by atoms with van der Waals surface area (Å²) in [4.78, 5) is 11.6. The molecule has 2 unspecified atom stereocenters. The number of benzene rings is 2. The van der Waals surface area contributed by atoms with Crippen molar-refractivity contribution in [3.05, 3.63) is 81.9 Å². The molecule has 2 atom stereocenters. The first-order chi connectivity index (χ1) is 12.2. The van der Waals surface area contributed by atoms with E-state index in [2.05, 4.69) is 10.6 Å². The quantitative estimate of drug-likeness (QED) is 0.601. The van der Waals surface area contributed by atoms with Crippen molar-refractivity contribution >= 4 is 0 Å². The Labute approximate surface area is 148 Å². The van der Waals surface area contributed by atoms with Crippen LogP contribution in [0.2, 0.25) is 0 Å². The number of hydrogen-bond donors (Lipinski definition) is 2. The molecule has 5 heteroatoms. The maximum Gasteiger partial charge on any atom is 0.243 e. The summed E-state index contributed by atoms with van der Waals surface area (Å²) in [7, 11) is 0. The van der Waals surface area contributed by atoms with Crippen LogP contribution in [0.3, 0.4) is 0 Å². The van der Waals surface area contributed by atoms with E-state index in [1.807, 2.05) is 60.7 Å². The predicted octanol–water partition coefficient (Wildman–Crippen LogP) is 3.13. The molecule has 1 aliphatic rings. The largest absolute Gasteiger partial charge is 0.304 e. The maximum absolute atomic E-state index is 11.7. The Morgan fingerprint density at radius 2 is 1.28 bits per heavy atom. The normalized spacial score (nSPS) is 23.3. The van der Waals surface area contributed by atoms with Crippen molar-refractivity contribution in [1.82, 2.24) is 10.6 Å². The Kier molecular flexibility index (Phi) is 6.14. The highest BCUT2D eigenvalue weighted by molar-refractivity contribution is 5.15. The molecule has 2 aromatic carbocycles. The number of nitrogens with zero attached hydrogens (tertiary/aromatic N) is 1. The van der Waals surface area contributed by atoms with Crippen molar-refractivity contribution < 1.29 is 4.92 Å². The molecule has 25 heavy (non-hydrogen) atoms. The standard InChI is InChI=1S/C20H25N3O2/c24-23(25)20-18(21-14-16-8-3-1-4-9-16)12-7-13-19(20)22-15-17-10-5-2-6-11-17/h1-6,8-11,18-22H,7,12-15H2. The maximum atomic E-state index is 11.7. The van der Waals surface area contributed by atoms with Crippen molar-refractivity contribution in [2.45, 2.75) is 50.5 Å². The van der Waals surface area contributed by atoms with Crippen LogP contribution >= 0.6 is 0 Å². The van der Waals surface area contributed by atoms with Gasteiger partial charge in [-0.05, 0) is 30.4 Å². The molecule has 1 saturated carbocycles. The van der Waals surface area contributed by atoms with Gasteiger partial charge in [-0.1, -0.05) is 60.7 Å². The van der Waals surface area contributed by atoms with Gasteiger partial charge in [0.1, 0.15) is 0 Å². The van der Waals surface area contributed by atoms with Crippen molar-refractivity contribution in [3.8, 4) is 0 Å². The topological polar surface area (TPSA) is 67.2 Å². The summed E-state index contributed by atoms with van der Waals surface area (Å²) in [6.07, 6.45) is 2.70. The van der Waals surface area contributed by atoms with E-state index < -0.39 is 6.04 Å². The van der Waals surface area contributed by atoms with E-state index in [0.717, 1.165) is 30.4 Å². The zero-order valence-corrected chi connectivity index (χ0v) is 14.3. The lowest BCUT2D eigenvalue weighted by Gasteiger charge is -2.33. The van der Waals surface area contributed by atoms with Gasteiger partial charge in [0.15, 0.2) is 0 Å². The molecule has 2 N–H and O–H groups in total. The van der Waals surface area contributed by atoms with Crippen LogP contribution in [0, 0.1) is 10.1 Å². The molecule has 0 aromatic heterocycles. The van der Waals surface area contributed by atoms with Crippen LogP contribution in [0.5, 0.6) is 0 Å². The Morgan fingerprint density at radius 3 is 1.68 bits per heavy atom. The molecule has 0 spiro atoms. The fraction of sp³-hybridized carbons (Fsp3) is 0.400. The second-order valence-electron chi connectivity index (χ2n) is 6.65. The highest BCUT2D eigenvalue weighted by atomic mass is 16.6. The van der Waals surface area contributed by atoms with Crippen LogP contribution in [0.25, 0.3) is 0 Å². The van der Waals surface area contributed by atoms with Gasteiger partial charge in [-0.3, -0.25) is 10.1 Å². The zero-order chi connectivity index (χ0) is 17.5. The average Bonchev–Trinajstić information content (AvgIpc) is 2.66. The van der Waals surface area contributed by atoms with Gasteiger partial charge < -0.3 is 10.6 Å². The third-order valence-electron chi connectivity index (χ3n) is 4.92. The van der Waals surface area contributed by atoms with E-state index in [9.17, 15) is 10.1 Å². The highest BCUT2D eigenvalue weighted by Gasteiger charge is 2.41. The summed E-state index contributed by atoms with van der Waals surface area (Å²) >= 11 is 0. The molecular weight excluding hydrogens is 314 g/mol. The lowest BCUT2D eigenvalue weighted by Crippen LogP contribution is -2.57. The van der Waals surface area contributed by atoms with Gasteiger partial charge in [0.25, 0.3) is 0 Å². The Hall–Kier alpha value is -2.24. The average molecular weight is 339 g/mol. The number of nitro groups is 1. The summed E-state index contributed by atoms with van der Waals surface area (Å²) in [5.41, 5.74) is 2.31. The summed E-state index contributed by atoms with van der Waals surface area (Å²) < 4.78 is 0. The Morgan fingerprint density at radius 1 is 0.840 bits per heavy atom. The summed E-state index contributed by atoms with van der Waals surface area (Å²) in [6.45, 7) is 1.34. The zero-order valence-electron chi connectivity index (χ0n) is 14.3. The molecule has 2 aromatic rings. The monoisotopic (exact) mass is 339 g/mol.